The summed E-state index contributed by atoms with van der Waals surface area (Å²) in [7, 11) is 1.72. The summed E-state index contributed by atoms with van der Waals surface area (Å²) >= 11 is 0. The van der Waals surface area contributed by atoms with Crippen LogP contribution in [0.15, 0.2) is 18.2 Å². The normalized spacial score (nSPS) is 27.7. The minimum atomic E-state index is -0.0329. The molecule has 1 aromatic carbocycles. The highest BCUT2D eigenvalue weighted by Gasteiger charge is 2.44. The van der Waals surface area contributed by atoms with Crippen molar-refractivity contribution in [3.8, 4) is 11.5 Å². The smallest absolute Gasteiger partial charge is 0.125 e. The van der Waals surface area contributed by atoms with Crippen molar-refractivity contribution in [1.82, 2.24) is 10.2 Å². The maximum absolute atomic E-state index is 6.40. The van der Waals surface area contributed by atoms with E-state index >= 15 is 0 Å². The molecule has 21 heavy (non-hydrogen) atoms. The van der Waals surface area contributed by atoms with Crippen molar-refractivity contribution >= 4 is 0 Å². The van der Waals surface area contributed by atoms with Gasteiger partial charge >= 0.3 is 0 Å². The van der Waals surface area contributed by atoms with Crippen LogP contribution < -0.4 is 14.8 Å². The van der Waals surface area contributed by atoms with Crippen molar-refractivity contribution in [2.75, 3.05) is 33.3 Å². The van der Waals surface area contributed by atoms with Gasteiger partial charge < -0.3 is 14.8 Å². The van der Waals surface area contributed by atoms with Crippen molar-refractivity contribution in [2.45, 2.75) is 38.3 Å². The molecule has 2 heterocycles. The van der Waals surface area contributed by atoms with E-state index < -0.39 is 0 Å². The fraction of sp³-hybridized carbons (Fsp3) is 0.647. The Kier molecular flexibility index (Phi) is 4.09. The molecule has 116 valence electrons. The number of nitrogens with zero attached hydrogens (tertiary/aromatic N) is 1. The maximum Gasteiger partial charge on any atom is 0.125 e. The average Bonchev–Trinajstić information content (AvgIpc) is 2.96. The second kappa shape index (κ2) is 5.85. The molecule has 0 bridgehead atoms. The van der Waals surface area contributed by atoms with Gasteiger partial charge in [0, 0.05) is 31.0 Å². The molecule has 2 aliphatic rings. The zero-order valence-electron chi connectivity index (χ0n) is 13.3. The van der Waals surface area contributed by atoms with Crippen molar-refractivity contribution < 1.29 is 9.47 Å². The second-order valence-electron chi connectivity index (χ2n) is 6.06. The molecule has 0 amide bonds. The highest BCUT2D eigenvalue weighted by atomic mass is 16.5. The van der Waals surface area contributed by atoms with E-state index in [0.717, 1.165) is 50.5 Å². The van der Waals surface area contributed by atoms with Crippen LogP contribution in [0.1, 0.15) is 38.3 Å². The third kappa shape index (κ3) is 2.62. The largest absolute Gasteiger partial charge is 0.497 e. The lowest BCUT2D eigenvalue weighted by Gasteiger charge is -2.43. The Morgan fingerprint density at radius 1 is 1.38 bits per heavy atom. The van der Waals surface area contributed by atoms with Gasteiger partial charge in [0.1, 0.15) is 17.1 Å². The zero-order valence-corrected chi connectivity index (χ0v) is 13.3. The first-order valence-corrected chi connectivity index (χ1v) is 8.03. The Labute approximate surface area is 127 Å². The van der Waals surface area contributed by atoms with Crippen LogP contribution in [0.25, 0.3) is 0 Å². The number of methoxy groups -OCH3 is 1. The lowest BCUT2D eigenvalue weighted by atomic mass is 9.85. The number of benzene rings is 1. The molecule has 4 nitrogen and oxygen atoms in total. The van der Waals surface area contributed by atoms with Crippen molar-refractivity contribution in [3.63, 3.8) is 0 Å². The van der Waals surface area contributed by atoms with Crippen LogP contribution in [0.3, 0.4) is 0 Å². The summed E-state index contributed by atoms with van der Waals surface area (Å²) in [5, 5.41) is 3.46. The molecule has 2 aliphatic heterocycles. The Morgan fingerprint density at radius 3 is 2.81 bits per heavy atom. The van der Waals surface area contributed by atoms with Crippen LogP contribution in [0, 0.1) is 0 Å². The number of nitrogens with one attached hydrogen (secondary N) is 1. The lowest BCUT2D eigenvalue weighted by Crippen LogP contribution is -2.46. The van der Waals surface area contributed by atoms with E-state index in [0.29, 0.717) is 6.04 Å². The average molecular weight is 290 g/mol. The van der Waals surface area contributed by atoms with Crippen molar-refractivity contribution in [3.05, 3.63) is 23.8 Å². The first-order chi connectivity index (χ1) is 10.2. The monoisotopic (exact) mass is 290 g/mol. The van der Waals surface area contributed by atoms with Crippen molar-refractivity contribution in [2.24, 2.45) is 0 Å². The van der Waals surface area contributed by atoms with E-state index in [1.807, 2.05) is 6.07 Å². The Morgan fingerprint density at radius 2 is 2.19 bits per heavy atom. The van der Waals surface area contributed by atoms with Gasteiger partial charge in [-0.15, -0.1) is 0 Å². The van der Waals surface area contributed by atoms with Gasteiger partial charge in [-0.1, -0.05) is 13.8 Å². The van der Waals surface area contributed by atoms with Crippen molar-refractivity contribution in [1.29, 1.82) is 0 Å². The molecule has 0 saturated carbocycles. The fourth-order valence-electron chi connectivity index (χ4n) is 3.72. The van der Waals surface area contributed by atoms with E-state index in [9.17, 15) is 0 Å². The molecule has 1 fully saturated rings. The molecule has 3 rings (SSSR count). The highest BCUT2D eigenvalue weighted by Crippen LogP contribution is 2.45. The molecule has 1 N–H and O–H groups in total. The molecule has 1 aromatic rings. The summed E-state index contributed by atoms with van der Waals surface area (Å²) in [5.74, 6) is 1.94. The lowest BCUT2D eigenvalue weighted by molar-refractivity contribution is 0.0192. The summed E-state index contributed by atoms with van der Waals surface area (Å²) in [6, 6.07) is 6.63. The van der Waals surface area contributed by atoms with Gasteiger partial charge in [-0.2, -0.15) is 0 Å². The van der Waals surface area contributed by atoms with E-state index in [-0.39, 0.29) is 5.60 Å². The minimum Gasteiger partial charge on any atom is -0.497 e. The van der Waals surface area contributed by atoms with E-state index in [1.54, 1.807) is 7.11 Å². The third-order valence-electron chi connectivity index (χ3n) is 4.93. The van der Waals surface area contributed by atoms with Crippen LogP contribution in [-0.4, -0.2) is 43.8 Å². The Bertz CT molecular complexity index is 494. The molecule has 2 unspecified atom stereocenters. The van der Waals surface area contributed by atoms with Crippen LogP contribution >= 0.6 is 0 Å². The predicted molar refractivity (Wildman–Crippen MR) is 84.1 cm³/mol. The molecule has 0 radical (unpaired) electrons. The molecule has 0 aromatic heterocycles. The van der Waals surface area contributed by atoms with Gasteiger partial charge in [-0.25, -0.2) is 0 Å². The van der Waals surface area contributed by atoms with Gasteiger partial charge in [0.05, 0.1) is 7.11 Å². The number of rotatable bonds is 4. The predicted octanol–water partition coefficient (Wildman–Crippen LogP) is 2.59. The molecule has 4 heteroatoms. The van der Waals surface area contributed by atoms with E-state index in [1.165, 1.54) is 5.56 Å². The van der Waals surface area contributed by atoms with Gasteiger partial charge in [0.15, 0.2) is 0 Å². The molecule has 2 atom stereocenters. The van der Waals surface area contributed by atoms with Crippen LogP contribution in [0.4, 0.5) is 0 Å². The molecule has 1 spiro atoms. The van der Waals surface area contributed by atoms with Gasteiger partial charge in [0.25, 0.3) is 0 Å². The Hall–Kier alpha value is -1.26. The summed E-state index contributed by atoms with van der Waals surface area (Å²) in [4.78, 5) is 2.53. The number of hydrogen-bond donors (Lipinski definition) is 1. The first kappa shape index (κ1) is 14.7. The Balaban J connectivity index is 2.00. The fourth-order valence-corrected chi connectivity index (χ4v) is 3.72. The molecular formula is C17H26N2O2. The van der Waals surface area contributed by atoms with Crippen LogP contribution in [-0.2, 0) is 0 Å². The number of ether oxygens (including phenoxy) is 2. The zero-order chi connectivity index (χ0) is 14.9. The summed E-state index contributed by atoms with van der Waals surface area (Å²) in [6.45, 7) is 8.59. The SMILES string of the molecule is CCN(CC)C1CC2(CCNC2)Oc2ccc(OC)cc21. The third-order valence-corrected chi connectivity index (χ3v) is 4.93. The number of fused-ring (bicyclic) bond motifs is 1. The van der Waals surface area contributed by atoms with Gasteiger partial charge in [0.2, 0.25) is 0 Å². The summed E-state index contributed by atoms with van der Waals surface area (Å²) < 4.78 is 11.8. The molecular weight excluding hydrogens is 264 g/mol. The number of hydrogen-bond acceptors (Lipinski definition) is 4. The van der Waals surface area contributed by atoms with E-state index in [4.69, 9.17) is 9.47 Å². The minimum absolute atomic E-state index is 0.0329. The van der Waals surface area contributed by atoms with Crippen LogP contribution in [0.5, 0.6) is 11.5 Å². The summed E-state index contributed by atoms with van der Waals surface area (Å²) in [6.07, 6.45) is 2.15. The van der Waals surface area contributed by atoms with Gasteiger partial charge in [-0.3, -0.25) is 4.90 Å². The summed E-state index contributed by atoms with van der Waals surface area (Å²) in [5.41, 5.74) is 1.24. The molecule has 0 aliphatic carbocycles. The highest BCUT2D eigenvalue weighted by molar-refractivity contribution is 5.44. The van der Waals surface area contributed by atoms with Crippen LogP contribution in [0.2, 0.25) is 0 Å². The maximum atomic E-state index is 6.40. The first-order valence-electron chi connectivity index (χ1n) is 8.03. The topological polar surface area (TPSA) is 33.7 Å². The second-order valence-corrected chi connectivity index (χ2v) is 6.06. The van der Waals surface area contributed by atoms with Gasteiger partial charge in [-0.05, 0) is 37.8 Å². The standard InChI is InChI=1S/C17H26N2O2/c1-4-19(5-2)15-11-17(8-9-18-12-17)21-16-7-6-13(20-3)10-14(15)16/h6-7,10,15,18H,4-5,8-9,11-12H2,1-3H3. The van der Waals surface area contributed by atoms with E-state index in [2.05, 4.69) is 36.2 Å². The quantitative estimate of drug-likeness (QED) is 0.924. The molecule has 1 saturated heterocycles.